The van der Waals surface area contributed by atoms with Crippen LogP contribution in [0.1, 0.15) is 45.4 Å². The quantitative estimate of drug-likeness (QED) is 0.521. The highest BCUT2D eigenvalue weighted by atomic mass is 16.1. The highest BCUT2D eigenvalue weighted by Crippen LogP contribution is 2.50. The molecule has 2 rings (SSSR count). The van der Waals surface area contributed by atoms with E-state index in [4.69, 9.17) is 0 Å². The smallest absolute Gasteiger partial charge is 0.133 e. The number of Topliss-reactive ketones (excluding diaryl/α,β-unsaturated/α-hetero) is 1. The summed E-state index contributed by atoms with van der Waals surface area (Å²) < 4.78 is 0. The van der Waals surface area contributed by atoms with Crippen molar-refractivity contribution in [3.05, 3.63) is 12.2 Å². The molecule has 0 amide bonds. The molecule has 0 saturated heterocycles. The van der Waals surface area contributed by atoms with E-state index in [2.05, 4.69) is 13.5 Å². The Bertz CT molecular complexity index is 254. The largest absolute Gasteiger partial charge is 0.300 e. The molecule has 0 aliphatic heterocycles. The number of ketones is 1. The number of carbonyl (C=O) groups excluding carboxylic acids is 1. The molecule has 1 nitrogen and oxygen atoms in total. The van der Waals surface area contributed by atoms with Gasteiger partial charge in [-0.25, -0.2) is 0 Å². The summed E-state index contributed by atoms with van der Waals surface area (Å²) in [5.74, 6) is 0.952. The lowest BCUT2D eigenvalue weighted by Gasteiger charge is -2.45. The van der Waals surface area contributed by atoms with Crippen molar-refractivity contribution >= 4 is 5.78 Å². The summed E-state index contributed by atoms with van der Waals surface area (Å²) in [4.78, 5) is 11.4. The van der Waals surface area contributed by atoms with Gasteiger partial charge >= 0.3 is 0 Å². The minimum absolute atomic E-state index is 0.406. The lowest BCUT2D eigenvalue weighted by Crippen LogP contribution is -2.38. The van der Waals surface area contributed by atoms with Crippen molar-refractivity contribution in [2.75, 3.05) is 0 Å². The van der Waals surface area contributed by atoms with Crippen LogP contribution >= 0.6 is 0 Å². The number of hydrogen-bond donors (Lipinski definition) is 0. The summed E-state index contributed by atoms with van der Waals surface area (Å²) >= 11 is 0. The van der Waals surface area contributed by atoms with Crippen LogP contribution in [0.5, 0.6) is 0 Å². The van der Waals surface area contributed by atoms with Crippen molar-refractivity contribution in [1.29, 1.82) is 0 Å². The molecule has 0 aromatic rings. The Morgan fingerprint density at radius 3 is 2.92 bits per heavy atom. The maximum absolute atomic E-state index is 11.4. The molecule has 0 spiro atoms. The number of rotatable bonds is 0. The van der Waals surface area contributed by atoms with Crippen LogP contribution in [-0.4, -0.2) is 5.78 Å². The Hall–Kier alpha value is -0.590. The standard InChI is InChI=1S/C12H18O/c1-9-4-3-6-12(2)7-5-10(13)8-11(9)12/h11H,1,3-8H2,2H3/t11-,12+/m0/s1. The molecule has 72 valence electrons. The van der Waals surface area contributed by atoms with E-state index in [1.807, 2.05) is 0 Å². The highest BCUT2D eigenvalue weighted by molar-refractivity contribution is 5.80. The van der Waals surface area contributed by atoms with Crippen molar-refractivity contribution in [3.8, 4) is 0 Å². The van der Waals surface area contributed by atoms with E-state index in [1.54, 1.807) is 0 Å². The summed E-state index contributed by atoms with van der Waals surface area (Å²) in [5.41, 5.74) is 1.74. The predicted octanol–water partition coefficient (Wildman–Crippen LogP) is 3.10. The molecule has 2 fully saturated rings. The van der Waals surface area contributed by atoms with Gasteiger partial charge in [0.05, 0.1) is 0 Å². The molecule has 0 aromatic heterocycles. The lowest BCUT2D eigenvalue weighted by atomic mass is 9.59. The molecular weight excluding hydrogens is 160 g/mol. The first-order valence-corrected chi connectivity index (χ1v) is 5.31. The van der Waals surface area contributed by atoms with Gasteiger partial charge in [0.25, 0.3) is 0 Å². The maximum atomic E-state index is 11.4. The minimum Gasteiger partial charge on any atom is -0.300 e. The van der Waals surface area contributed by atoms with Crippen LogP contribution in [0.25, 0.3) is 0 Å². The van der Waals surface area contributed by atoms with Crippen molar-refractivity contribution in [2.24, 2.45) is 11.3 Å². The van der Waals surface area contributed by atoms with Crippen LogP contribution < -0.4 is 0 Å². The van der Waals surface area contributed by atoms with Gasteiger partial charge in [0.1, 0.15) is 5.78 Å². The Morgan fingerprint density at radius 2 is 2.15 bits per heavy atom. The second-order valence-electron chi connectivity index (χ2n) is 4.96. The summed E-state index contributed by atoms with van der Waals surface area (Å²) in [6, 6.07) is 0. The molecule has 0 N–H and O–H groups in total. The SMILES string of the molecule is C=C1CCC[C@]2(C)CCC(=O)C[C@@H]12. The first-order valence-electron chi connectivity index (χ1n) is 5.31. The van der Waals surface area contributed by atoms with E-state index in [0.717, 1.165) is 25.7 Å². The highest BCUT2D eigenvalue weighted by Gasteiger charge is 2.42. The summed E-state index contributed by atoms with van der Waals surface area (Å²) in [6.45, 7) is 6.47. The Kier molecular flexibility index (Phi) is 2.05. The van der Waals surface area contributed by atoms with Crippen LogP contribution in [-0.2, 0) is 4.79 Å². The van der Waals surface area contributed by atoms with Gasteiger partial charge in [-0.2, -0.15) is 0 Å². The molecule has 0 radical (unpaired) electrons. The molecule has 13 heavy (non-hydrogen) atoms. The van der Waals surface area contributed by atoms with Gasteiger partial charge in [0.2, 0.25) is 0 Å². The molecule has 0 heterocycles. The Morgan fingerprint density at radius 1 is 1.38 bits per heavy atom. The average molecular weight is 178 g/mol. The molecule has 2 atom stereocenters. The van der Waals surface area contributed by atoms with E-state index in [9.17, 15) is 4.79 Å². The normalized spacial score (nSPS) is 40.2. The first-order chi connectivity index (χ1) is 6.12. The summed E-state index contributed by atoms with van der Waals surface area (Å²) in [6.07, 6.45) is 6.39. The second kappa shape index (κ2) is 2.97. The maximum Gasteiger partial charge on any atom is 0.133 e. The lowest BCUT2D eigenvalue weighted by molar-refractivity contribution is -0.124. The Labute approximate surface area is 80.2 Å². The average Bonchev–Trinajstić information content (AvgIpc) is 2.08. The summed E-state index contributed by atoms with van der Waals surface area (Å²) in [5, 5.41) is 0. The van der Waals surface area contributed by atoms with E-state index in [0.29, 0.717) is 17.1 Å². The zero-order valence-corrected chi connectivity index (χ0v) is 8.44. The minimum atomic E-state index is 0.406. The first kappa shape index (κ1) is 8.98. The van der Waals surface area contributed by atoms with E-state index in [1.165, 1.54) is 18.4 Å². The molecule has 0 bridgehead atoms. The molecule has 1 heteroatoms. The number of hydrogen-bond acceptors (Lipinski definition) is 1. The fraction of sp³-hybridized carbons (Fsp3) is 0.750. The van der Waals surface area contributed by atoms with Crippen molar-refractivity contribution < 1.29 is 4.79 Å². The molecule has 0 unspecified atom stereocenters. The van der Waals surface area contributed by atoms with Gasteiger partial charge in [-0.3, -0.25) is 4.79 Å². The van der Waals surface area contributed by atoms with Crippen LogP contribution in [0, 0.1) is 11.3 Å². The molecule has 2 aliphatic rings. The van der Waals surface area contributed by atoms with Crippen LogP contribution in [0.4, 0.5) is 0 Å². The number of allylic oxidation sites excluding steroid dienone is 1. The van der Waals surface area contributed by atoms with Crippen LogP contribution in [0.15, 0.2) is 12.2 Å². The third-order valence-corrected chi connectivity index (χ3v) is 3.99. The predicted molar refractivity (Wildman–Crippen MR) is 53.4 cm³/mol. The summed E-state index contributed by atoms with van der Waals surface area (Å²) in [7, 11) is 0. The zero-order valence-electron chi connectivity index (χ0n) is 8.44. The molecule has 0 aromatic carbocycles. The van der Waals surface area contributed by atoms with Gasteiger partial charge in [-0.1, -0.05) is 19.1 Å². The molecule has 2 saturated carbocycles. The van der Waals surface area contributed by atoms with Gasteiger partial charge in [0.15, 0.2) is 0 Å². The number of carbonyl (C=O) groups is 1. The van der Waals surface area contributed by atoms with Crippen molar-refractivity contribution in [3.63, 3.8) is 0 Å². The Balaban J connectivity index is 2.22. The van der Waals surface area contributed by atoms with Crippen LogP contribution in [0.2, 0.25) is 0 Å². The number of fused-ring (bicyclic) bond motifs is 1. The van der Waals surface area contributed by atoms with E-state index >= 15 is 0 Å². The third-order valence-electron chi connectivity index (χ3n) is 3.99. The van der Waals surface area contributed by atoms with Crippen molar-refractivity contribution in [1.82, 2.24) is 0 Å². The van der Waals surface area contributed by atoms with Gasteiger partial charge in [-0.05, 0) is 37.0 Å². The fourth-order valence-corrected chi connectivity index (χ4v) is 3.01. The van der Waals surface area contributed by atoms with Gasteiger partial charge < -0.3 is 0 Å². The second-order valence-corrected chi connectivity index (χ2v) is 4.96. The monoisotopic (exact) mass is 178 g/mol. The molecule has 2 aliphatic carbocycles. The topological polar surface area (TPSA) is 17.1 Å². The third kappa shape index (κ3) is 1.45. The van der Waals surface area contributed by atoms with E-state index in [-0.39, 0.29) is 0 Å². The molecular formula is C12H18O. The fourth-order valence-electron chi connectivity index (χ4n) is 3.01. The van der Waals surface area contributed by atoms with Gasteiger partial charge in [0, 0.05) is 12.8 Å². The van der Waals surface area contributed by atoms with Crippen LogP contribution in [0.3, 0.4) is 0 Å². The van der Waals surface area contributed by atoms with Crippen molar-refractivity contribution in [2.45, 2.75) is 45.4 Å². The zero-order chi connectivity index (χ0) is 9.47. The van der Waals surface area contributed by atoms with E-state index < -0.39 is 0 Å². The van der Waals surface area contributed by atoms with Gasteiger partial charge in [-0.15, -0.1) is 0 Å².